The maximum Gasteiger partial charge on any atom is 0.0383 e. The molecule has 0 aliphatic heterocycles. The van der Waals surface area contributed by atoms with Crippen LogP contribution >= 0.6 is 0 Å². The van der Waals surface area contributed by atoms with E-state index in [9.17, 15) is 4.21 Å². The molecule has 5 atom stereocenters. The quantitative estimate of drug-likeness (QED) is 0.722. The minimum absolute atomic E-state index is 0.388. The summed E-state index contributed by atoms with van der Waals surface area (Å²) in [6, 6.07) is 0.388. The van der Waals surface area contributed by atoms with E-state index in [4.69, 9.17) is 0 Å². The fourth-order valence-electron chi connectivity index (χ4n) is 2.89. The van der Waals surface area contributed by atoms with E-state index >= 15 is 0 Å². The lowest BCUT2D eigenvalue weighted by molar-refractivity contribution is 0.398. The molecule has 1 fully saturated rings. The Morgan fingerprint density at radius 3 is 2.80 bits per heavy atom. The third-order valence-corrected chi connectivity index (χ3v) is 4.60. The van der Waals surface area contributed by atoms with Crippen molar-refractivity contribution in [3.8, 4) is 0 Å². The molecule has 0 amide bonds. The zero-order valence-corrected chi connectivity index (χ0v) is 10.4. The van der Waals surface area contributed by atoms with Crippen molar-refractivity contribution < 1.29 is 4.21 Å². The van der Waals surface area contributed by atoms with Crippen molar-refractivity contribution in [3.63, 3.8) is 0 Å². The normalized spacial score (nSPS) is 37.1. The second-order valence-corrected chi connectivity index (χ2v) is 6.57. The summed E-state index contributed by atoms with van der Waals surface area (Å²) in [5, 5.41) is 3.51. The number of rotatable bonds is 5. The Morgan fingerprint density at radius 2 is 2.27 bits per heavy atom. The van der Waals surface area contributed by atoms with Crippen molar-refractivity contribution in [2.45, 2.75) is 25.8 Å². The van der Waals surface area contributed by atoms with Crippen LogP contribution in [0.15, 0.2) is 12.2 Å². The molecule has 0 saturated heterocycles. The van der Waals surface area contributed by atoms with Crippen LogP contribution in [-0.2, 0) is 10.8 Å². The van der Waals surface area contributed by atoms with Crippen LogP contribution in [0, 0.1) is 17.8 Å². The molecule has 3 heteroatoms. The van der Waals surface area contributed by atoms with Gasteiger partial charge in [-0.2, -0.15) is 0 Å². The van der Waals surface area contributed by atoms with Gasteiger partial charge in [0.2, 0.25) is 0 Å². The Kier molecular flexibility index (Phi) is 3.62. The van der Waals surface area contributed by atoms with Crippen molar-refractivity contribution in [2.75, 3.05) is 18.6 Å². The van der Waals surface area contributed by atoms with Gasteiger partial charge in [-0.3, -0.25) is 4.21 Å². The standard InChI is InChI=1S/C12H21NOS/c1-9(8-15(2)14)13-7-12-6-10-3-4-11(12)5-10/h3-4,9-13H,5-8H2,1-2H3. The lowest BCUT2D eigenvalue weighted by atomic mass is 9.93. The Bertz CT molecular complexity index is 277. The maximum absolute atomic E-state index is 11.0. The molecule has 5 unspecified atom stereocenters. The number of nitrogens with one attached hydrogen (secondary N) is 1. The van der Waals surface area contributed by atoms with E-state index in [0.717, 1.165) is 30.1 Å². The number of allylic oxidation sites excluding steroid dienone is 2. The average Bonchev–Trinajstić information content (AvgIpc) is 2.74. The highest BCUT2D eigenvalue weighted by atomic mass is 32.2. The van der Waals surface area contributed by atoms with Gasteiger partial charge in [0.05, 0.1) is 0 Å². The third kappa shape index (κ3) is 2.91. The van der Waals surface area contributed by atoms with Gasteiger partial charge >= 0.3 is 0 Å². The summed E-state index contributed by atoms with van der Waals surface area (Å²) in [5.74, 6) is 3.28. The second-order valence-electron chi connectivity index (χ2n) is 5.09. The molecule has 0 aromatic carbocycles. The van der Waals surface area contributed by atoms with Crippen LogP contribution in [0.1, 0.15) is 19.8 Å². The molecule has 2 nitrogen and oxygen atoms in total. The Labute approximate surface area is 95.0 Å². The van der Waals surface area contributed by atoms with Crippen LogP contribution in [0.5, 0.6) is 0 Å². The van der Waals surface area contributed by atoms with Gasteiger partial charge in [-0.05, 0) is 44.1 Å². The molecule has 0 heterocycles. The molecule has 1 N–H and O–H groups in total. The third-order valence-electron chi connectivity index (χ3n) is 3.63. The second kappa shape index (κ2) is 4.79. The maximum atomic E-state index is 11.0. The molecule has 2 aliphatic rings. The van der Waals surface area contributed by atoms with Crippen molar-refractivity contribution in [3.05, 3.63) is 12.2 Å². The number of hydrogen-bond acceptors (Lipinski definition) is 2. The van der Waals surface area contributed by atoms with Gasteiger partial charge in [0.15, 0.2) is 0 Å². The molecule has 15 heavy (non-hydrogen) atoms. The van der Waals surface area contributed by atoms with Crippen LogP contribution in [0.4, 0.5) is 0 Å². The number of fused-ring (bicyclic) bond motifs is 2. The smallest absolute Gasteiger partial charge is 0.0383 e. The summed E-state index contributed by atoms with van der Waals surface area (Å²) in [5.41, 5.74) is 0. The van der Waals surface area contributed by atoms with Gasteiger partial charge in [0.25, 0.3) is 0 Å². The van der Waals surface area contributed by atoms with Crippen LogP contribution in [-0.4, -0.2) is 28.8 Å². The molecule has 2 rings (SSSR count). The average molecular weight is 227 g/mol. The first-order chi connectivity index (χ1) is 7.15. The minimum Gasteiger partial charge on any atom is -0.313 e. The van der Waals surface area contributed by atoms with Gasteiger partial charge in [-0.15, -0.1) is 0 Å². The summed E-state index contributed by atoms with van der Waals surface area (Å²) in [7, 11) is -0.677. The van der Waals surface area contributed by atoms with Gasteiger partial charge in [-0.25, -0.2) is 0 Å². The first kappa shape index (κ1) is 11.3. The van der Waals surface area contributed by atoms with Crippen molar-refractivity contribution in [1.82, 2.24) is 5.32 Å². The largest absolute Gasteiger partial charge is 0.313 e. The SMILES string of the molecule is CC(CS(C)=O)NCC1CC2C=CC1C2. The molecular weight excluding hydrogens is 206 g/mol. The lowest BCUT2D eigenvalue weighted by Crippen LogP contribution is -2.35. The molecule has 0 aromatic heterocycles. The Balaban J connectivity index is 1.70. The Hall–Kier alpha value is -0.150. The van der Waals surface area contributed by atoms with E-state index in [2.05, 4.69) is 24.4 Å². The topological polar surface area (TPSA) is 29.1 Å². The molecule has 0 aromatic rings. The van der Waals surface area contributed by atoms with Gasteiger partial charge in [0.1, 0.15) is 0 Å². The van der Waals surface area contributed by atoms with Gasteiger partial charge in [-0.1, -0.05) is 12.2 Å². The van der Waals surface area contributed by atoms with E-state index in [1.165, 1.54) is 12.8 Å². The van der Waals surface area contributed by atoms with Crippen LogP contribution < -0.4 is 5.32 Å². The fourth-order valence-corrected chi connectivity index (χ4v) is 3.71. The molecule has 2 bridgehead atoms. The highest BCUT2D eigenvalue weighted by molar-refractivity contribution is 7.84. The Morgan fingerprint density at radius 1 is 1.47 bits per heavy atom. The van der Waals surface area contributed by atoms with E-state index in [1.54, 1.807) is 6.26 Å². The summed E-state index contributed by atoms with van der Waals surface area (Å²) in [6.07, 6.45) is 9.28. The van der Waals surface area contributed by atoms with E-state index in [0.29, 0.717) is 6.04 Å². The van der Waals surface area contributed by atoms with Crippen molar-refractivity contribution in [1.29, 1.82) is 0 Å². The summed E-state index contributed by atoms with van der Waals surface area (Å²) in [4.78, 5) is 0. The monoisotopic (exact) mass is 227 g/mol. The van der Waals surface area contributed by atoms with Crippen LogP contribution in [0.2, 0.25) is 0 Å². The molecule has 2 aliphatic carbocycles. The highest BCUT2D eigenvalue weighted by Crippen LogP contribution is 2.42. The summed E-state index contributed by atoms with van der Waals surface area (Å²) < 4.78 is 11.0. The fraction of sp³-hybridized carbons (Fsp3) is 0.833. The van der Waals surface area contributed by atoms with E-state index < -0.39 is 10.8 Å². The lowest BCUT2D eigenvalue weighted by Gasteiger charge is -2.21. The van der Waals surface area contributed by atoms with Crippen molar-refractivity contribution in [2.24, 2.45) is 17.8 Å². The molecule has 1 saturated carbocycles. The molecule has 0 spiro atoms. The minimum atomic E-state index is -0.677. The van der Waals surface area contributed by atoms with Gasteiger partial charge in [0, 0.05) is 28.9 Å². The predicted octanol–water partition coefficient (Wildman–Crippen LogP) is 1.56. The first-order valence-corrected chi connectivity index (χ1v) is 7.59. The van der Waals surface area contributed by atoms with E-state index in [1.807, 2.05) is 0 Å². The molecule has 86 valence electrons. The summed E-state index contributed by atoms with van der Waals surface area (Å²) >= 11 is 0. The van der Waals surface area contributed by atoms with Gasteiger partial charge < -0.3 is 5.32 Å². The first-order valence-electron chi connectivity index (χ1n) is 5.87. The van der Waals surface area contributed by atoms with Crippen LogP contribution in [0.25, 0.3) is 0 Å². The molecular formula is C12H21NOS. The number of hydrogen-bond donors (Lipinski definition) is 1. The highest BCUT2D eigenvalue weighted by Gasteiger charge is 2.35. The van der Waals surface area contributed by atoms with E-state index in [-0.39, 0.29) is 0 Å². The predicted molar refractivity (Wildman–Crippen MR) is 65.2 cm³/mol. The zero-order chi connectivity index (χ0) is 10.8. The molecule has 0 radical (unpaired) electrons. The summed E-state index contributed by atoms with van der Waals surface area (Å²) in [6.45, 7) is 3.23. The van der Waals surface area contributed by atoms with Crippen LogP contribution in [0.3, 0.4) is 0 Å². The zero-order valence-electron chi connectivity index (χ0n) is 9.61. The van der Waals surface area contributed by atoms with Crippen molar-refractivity contribution >= 4 is 10.8 Å².